The molecule has 0 aliphatic carbocycles. The number of carbonyl (C=O) groups excluding carboxylic acids is 2. The van der Waals surface area contributed by atoms with E-state index in [9.17, 15) is 27.6 Å². The molecule has 0 unspecified atom stereocenters. The van der Waals surface area contributed by atoms with Crippen molar-refractivity contribution in [3.8, 4) is 0 Å². The molecule has 116 valence electrons. The number of hydrogen-bond acceptors (Lipinski definition) is 4. The van der Waals surface area contributed by atoms with E-state index in [1.54, 1.807) is 0 Å². The zero-order chi connectivity index (χ0) is 15.9. The van der Waals surface area contributed by atoms with Gasteiger partial charge in [-0.1, -0.05) is 0 Å². The summed E-state index contributed by atoms with van der Waals surface area (Å²) in [4.78, 5) is 33.9. The number of carboxylic acids is 1. The Bertz CT molecular complexity index is 372. The number of amides is 2. The number of aliphatic carboxylic acids is 1. The van der Waals surface area contributed by atoms with Gasteiger partial charge in [0.05, 0.1) is 20.0 Å². The standard InChI is InChI=1S/C10H15F3N2O5/c1-15(4-3-10(11,12)13)9(19)14-6(8(17)18)5-7(16)20-2/h6H,3-5H2,1-2H3,(H,14,19)(H,17,18)/t6-/m0/s1. The van der Waals surface area contributed by atoms with Crippen LogP contribution >= 0.6 is 0 Å². The van der Waals surface area contributed by atoms with E-state index in [-0.39, 0.29) is 0 Å². The first-order valence-electron chi connectivity index (χ1n) is 5.45. The van der Waals surface area contributed by atoms with Gasteiger partial charge in [0, 0.05) is 13.6 Å². The van der Waals surface area contributed by atoms with Crippen molar-refractivity contribution in [1.29, 1.82) is 0 Å². The number of rotatable bonds is 6. The maximum Gasteiger partial charge on any atom is 0.390 e. The number of alkyl halides is 3. The van der Waals surface area contributed by atoms with Crippen molar-refractivity contribution in [3.63, 3.8) is 0 Å². The number of methoxy groups -OCH3 is 1. The Morgan fingerprint density at radius 3 is 2.30 bits per heavy atom. The Morgan fingerprint density at radius 1 is 1.35 bits per heavy atom. The molecule has 1 atom stereocenters. The number of carbonyl (C=O) groups is 3. The Kier molecular flexibility index (Phi) is 6.80. The van der Waals surface area contributed by atoms with E-state index in [0.717, 1.165) is 14.2 Å². The highest BCUT2D eigenvalue weighted by molar-refractivity contribution is 5.86. The van der Waals surface area contributed by atoms with Crippen molar-refractivity contribution in [2.24, 2.45) is 0 Å². The molecule has 0 rings (SSSR count). The molecule has 0 aromatic rings. The van der Waals surface area contributed by atoms with Crippen molar-refractivity contribution in [3.05, 3.63) is 0 Å². The molecule has 0 radical (unpaired) electrons. The summed E-state index contributed by atoms with van der Waals surface area (Å²) < 4.78 is 40.2. The lowest BCUT2D eigenvalue weighted by atomic mass is 10.2. The van der Waals surface area contributed by atoms with Crippen LogP contribution < -0.4 is 5.32 Å². The third kappa shape index (κ3) is 7.44. The fourth-order valence-corrected chi connectivity index (χ4v) is 1.11. The topological polar surface area (TPSA) is 95.9 Å². The van der Waals surface area contributed by atoms with Gasteiger partial charge in [0.2, 0.25) is 0 Å². The molecule has 0 spiro atoms. The first-order valence-corrected chi connectivity index (χ1v) is 5.45. The van der Waals surface area contributed by atoms with Crippen LogP contribution in [0.1, 0.15) is 12.8 Å². The summed E-state index contributed by atoms with van der Waals surface area (Å²) in [6, 6.07) is -2.59. The number of nitrogens with zero attached hydrogens (tertiary/aromatic N) is 1. The smallest absolute Gasteiger partial charge is 0.390 e. The SMILES string of the molecule is COC(=O)C[C@H](NC(=O)N(C)CCC(F)(F)F)C(=O)O. The minimum Gasteiger partial charge on any atom is -0.480 e. The van der Waals surface area contributed by atoms with E-state index in [1.165, 1.54) is 0 Å². The molecule has 20 heavy (non-hydrogen) atoms. The van der Waals surface area contributed by atoms with Crippen LogP contribution in [-0.4, -0.2) is 60.9 Å². The van der Waals surface area contributed by atoms with E-state index in [0.29, 0.717) is 4.90 Å². The summed E-state index contributed by atoms with van der Waals surface area (Å²) in [6.07, 6.45) is -6.26. The van der Waals surface area contributed by atoms with Gasteiger partial charge in [-0.2, -0.15) is 13.2 Å². The molecule has 2 amide bonds. The molecule has 0 bridgehead atoms. The van der Waals surface area contributed by atoms with Crippen molar-refractivity contribution < 1.29 is 37.4 Å². The molecule has 0 aliphatic rings. The quantitative estimate of drug-likeness (QED) is 0.700. The van der Waals surface area contributed by atoms with Gasteiger partial charge in [-0.05, 0) is 0 Å². The predicted molar refractivity (Wildman–Crippen MR) is 59.9 cm³/mol. The van der Waals surface area contributed by atoms with Gasteiger partial charge in [-0.3, -0.25) is 4.79 Å². The summed E-state index contributed by atoms with van der Waals surface area (Å²) >= 11 is 0. The van der Waals surface area contributed by atoms with Crippen LogP contribution in [0.5, 0.6) is 0 Å². The largest absolute Gasteiger partial charge is 0.480 e. The summed E-state index contributed by atoms with van der Waals surface area (Å²) in [5.41, 5.74) is 0. The second-order valence-electron chi connectivity index (χ2n) is 3.91. The van der Waals surface area contributed by atoms with Gasteiger partial charge < -0.3 is 20.1 Å². The molecule has 7 nitrogen and oxygen atoms in total. The van der Waals surface area contributed by atoms with E-state index in [1.807, 2.05) is 5.32 Å². The lowest BCUT2D eigenvalue weighted by molar-refractivity contribution is -0.147. The minimum atomic E-state index is -4.42. The monoisotopic (exact) mass is 300 g/mol. The third-order valence-corrected chi connectivity index (χ3v) is 2.27. The second-order valence-corrected chi connectivity index (χ2v) is 3.91. The Labute approximate surface area is 112 Å². The van der Waals surface area contributed by atoms with Gasteiger partial charge in [-0.15, -0.1) is 0 Å². The number of urea groups is 1. The molecule has 0 heterocycles. The summed E-state index contributed by atoms with van der Waals surface area (Å²) in [5.74, 6) is -2.36. The highest BCUT2D eigenvalue weighted by Crippen LogP contribution is 2.19. The first kappa shape index (κ1) is 18.0. The molecule has 0 fully saturated rings. The number of nitrogens with one attached hydrogen (secondary N) is 1. The lowest BCUT2D eigenvalue weighted by Crippen LogP contribution is -2.48. The maximum absolute atomic E-state index is 12.0. The van der Waals surface area contributed by atoms with Gasteiger partial charge >= 0.3 is 24.1 Å². The maximum atomic E-state index is 12.0. The second kappa shape index (κ2) is 7.56. The molecular weight excluding hydrogens is 285 g/mol. The minimum absolute atomic E-state index is 0.620. The lowest BCUT2D eigenvalue weighted by Gasteiger charge is -2.21. The molecular formula is C10H15F3N2O5. The summed E-state index contributed by atoms with van der Waals surface area (Å²) in [7, 11) is 2.12. The van der Waals surface area contributed by atoms with Crippen molar-refractivity contribution in [1.82, 2.24) is 10.2 Å². The van der Waals surface area contributed by atoms with E-state index >= 15 is 0 Å². The normalized spacial score (nSPS) is 12.4. The fourth-order valence-electron chi connectivity index (χ4n) is 1.11. The average molecular weight is 300 g/mol. The number of ether oxygens (including phenoxy) is 1. The van der Waals surface area contributed by atoms with Gasteiger partial charge in [0.25, 0.3) is 0 Å². The van der Waals surface area contributed by atoms with Crippen LogP contribution in [0, 0.1) is 0 Å². The van der Waals surface area contributed by atoms with Gasteiger partial charge in [0.15, 0.2) is 0 Å². The van der Waals surface area contributed by atoms with E-state index in [2.05, 4.69) is 4.74 Å². The molecule has 0 saturated heterocycles. The average Bonchev–Trinajstić information content (AvgIpc) is 2.33. The van der Waals surface area contributed by atoms with Crippen LogP contribution in [0.4, 0.5) is 18.0 Å². The van der Waals surface area contributed by atoms with Crippen molar-refractivity contribution in [2.75, 3.05) is 20.7 Å². The molecule has 2 N–H and O–H groups in total. The van der Waals surface area contributed by atoms with Crippen molar-refractivity contribution in [2.45, 2.75) is 25.1 Å². The summed E-state index contributed by atoms with van der Waals surface area (Å²) in [5, 5.41) is 10.7. The molecule has 0 saturated carbocycles. The number of hydrogen-bond donors (Lipinski definition) is 2. The number of esters is 1. The molecule has 10 heteroatoms. The highest BCUT2D eigenvalue weighted by atomic mass is 19.4. The van der Waals surface area contributed by atoms with E-state index in [4.69, 9.17) is 5.11 Å². The Hall–Kier alpha value is -2.00. The van der Waals surface area contributed by atoms with Gasteiger partial charge in [0.1, 0.15) is 6.04 Å². The molecule has 0 aliphatic heterocycles. The van der Waals surface area contributed by atoms with Crippen LogP contribution in [0.15, 0.2) is 0 Å². The molecule has 0 aromatic carbocycles. The highest BCUT2D eigenvalue weighted by Gasteiger charge is 2.29. The van der Waals surface area contributed by atoms with Crippen LogP contribution in [0.3, 0.4) is 0 Å². The number of halogens is 3. The fraction of sp³-hybridized carbons (Fsp3) is 0.700. The van der Waals surface area contributed by atoms with Gasteiger partial charge in [-0.25, -0.2) is 9.59 Å². The molecule has 0 aromatic heterocycles. The Morgan fingerprint density at radius 2 is 1.90 bits per heavy atom. The zero-order valence-electron chi connectivity index (χ0n) is 10.9. The zero-order valence-corrected chi connectivity index (χ0v) is 10.9. The summed E-state index contributed by atoms with van der Waals surface area (Å²) in [6.45, 7) is -0.625. The predicted octanol–water partition coefficient (Wildman–Crippen LogP) is 0.597. The van der Waals surface area contributed by atoms with Crippen LogP contribution in [0.2, 0.25) is 0 Å². The third-order valence-electron chi connectivity index (χ3n) is 2.27. The van der Waals surface area contributed by atoms with Crippen LogP contribution in [-0.2, 0) is 14.3 Å². The van der Waals surface area contributed by atoms with Crippen molar-refractivity contribution >= 4 is 18.0 Å². The Balaban J connectivity index is 4.45. The van der Waals surface area contributed by atoms with Crippen LogP contribution in [0.25, 0.3) is 0 Å². The number of carboxylic acid groups (broad SMARTS) is 1. The first-order chi connectivity index (χ1) is 9.06. The van der Waals surface area contributed by atoms with E-state index < -0.39 is 49.6 Å².